The van der Waals surface area contributed by atoms with Gasteiger partial charge in [-0.1, -0.05) is 6.07 Å². The third-order valence-electron chi connectivity index (χ3n) is 2.56. The molecule has 0 aliphatic carbocycles. The Morgan fingerprint density at radius 1 is 1.46 bits per heavy atom. The molecule has 0 unspecified atom stereocenters. The molecule has 0 spiro atoms. The van der Waals surface area contributed by atoms with Crippen molar-refractivity contribution in [1.82, 2.24) is 5.32 Å². The standard InChI is InChI=1S/C10H13FN2/c11-9-5-7(1-2-10(9)12)8-3-4-13-6-8/h1-2,5,8,13H,3-4,6,12H2/t8-/m0/s1. The predicted octanol–water partition coefficient (Wildman–Crippen LogP) is 1.48. The second kappa shape index (κ2) is 3.34. The first kappa shape index (κ1) is 8.51. The number of nitrogen functional groups attached to an aromatic ring is 1. The van der Waals surface area contributed by atoms with Crippen molar-refractivity contribution in [2.45, 2.75) is 12.3 Å². The first-order valence-electron chi connectivity index (χ1n) is 4.53. The second-order valence-corrected chi connectivity index (χ2v) is 3.47. The van der Waals surface area contributed by atoms with Crippen LogP contribution in [0.15, 0.2) is 18.2 Å². The minimum Gasteiger partial charge on any atom is -0.396 e. The summed E-state index contributed by atoms with van der Waals surface area (Å²) in [6.45, 7) is 1.97. The van der Waals surface area contributed by atoms with Gasteiger partial charge in [0.2, 0.25) is 0 Å². The van der Waals surface area contributed by atoms with Crippen LogP contribution in [0.3, 0.4) is 0 Å². The summed E-state index contributed by atoms with van der Waals surface area (Å²) in [6, 6.07) is 5.10. The summed E-state index contributed by atoms with van der Waals surface area (Å²) >= 11 is 0. The number of nitrogens with two attached hydrogens (primary N) is 1. The Bertz CT molecular complexity index is 306. The predicted molar refractivity (Wildman–Crippen MR) is 51.0 cm³/mol. The highest BCUT2D eigenvalue weighted by molar-refractivity contribution is 5.42. The zero-order valence-corrected chi connectivity index (χ0v) is 7.39. The Balaban J connectivity index is 2.25. The fourth-order valence-electron chi connectivity index (χ4n) is 1.74. The van der Waals surface area contributed by atoms with E-state index >= 15 is 0 Å². The van der Waals surface area contributed by atoms with Crippen LogP contribution in [0.4, 0.5) is 10.1 Å². The normalized spacial score (nSPS) is 22.1. The number of nitrogens with one attached hydrogen (secondary N) is 1. The van der Waals surface area contributed by atoms with Gasteiger partial charge in [0.15, 0.2) is 0 Å². The van der Waals surface area contributed by atoms with E-state index in [1.54, 1.807) is 12.1 Å². The molecule has 0 radical (unpaired) electrons. The van der Waals surface area contributed by atoms with Crippen molar-refractivity contribution in [1.29, 1.82) is 0 Å². The lowest BCUT2D eigenvalue weighted by Crippen LogP contribution is -2.08. The van der Waals surface area contributed by atoms with Gasteiger partial charge in [0.1, 0.15) is 5.82 Å². The molecule has 70 valence electrons. The number of anilines is 1. The second-order valence-electron chi connectivity index (χ2n) is 3.47. The number of hydrogen-bond donors (Lipinski definition) is 2. The van der Waals surface area contributed by atoms with Crippen molar-refractivity contribution >= 4 is 5.69 Å². The molecule has 0 bridgehead atoms. The van der Waals surface area contributed by atoms with Gasteiger partial charge in [0, 0.05) is 6.54 Å². The Morgan fingerprint density at radius 2 is 2.31 bits per heavy atom. The van der Waals surface area contributed by atoms with Crippen molar-refractivity contribution in [2.24, 2.45) is 0 Å². The van der Waals surface area contributed by atoms with Gasteiger partial charge in [-0.15, -0.1) is 0 Å². The van der Waals surface area contributed by atoms with Crippen molar-refractivity contribution in [2.75, 3.05) is 18.8 Å². The summed E-state index contributed by atoms with van der Waals surface area (Å²) in [5.74, 6) is 0.152. The maximum atomic E-state index is 13.1. The van der Waals surface area contributed by atoms with Gasteiger partial charge in [-0.3, -0.25) is 0 Å². The topological polar surface area (TPSA) is 38.0 Å². The van der Waals surface area contributed by atoms with E-state index < -0.39 is 0 Å². The average molecular weight is 180 g/mol. The van der Waals surface area contributed by atoms with E-state index in [0.717, 1.165) is 25.1 Å². The van der Waals surface area contributed by atoms with Gasteiger partial charge in [0.25, 0.3) is 0 Å². The highest BCUT2D eigenvalue weighted by atomic mass is 19.1. The number of halogens is 1. The highest BCUT2D eigenvalue weighted by Crippen LogP contribution is 2.24. The third-order valence-corrected chi connectivity index (χ3v) is 2.56. The summed E-state index contributed by atoms with van der Waals surface area (Å²) in [4.78, 5) is 0. The molecule has 1 aliphatic rings. The fourth-order valence-corrected chi connectivity index (χ4v) is 1.74. The third kappa shape index (κ3) is 1.65. The molecule has 1 aromatic carbocycles. The molecule has 3 N–H and O–H groups in total. The van der Waals surface area contributed by atoms with E-state index in [2.05, 4.69) is 5.32 Å². The molecule has 1 saturated heterocycles. The quantitative estimate of drug-likeness (QED) is 0.642. The zero-order valence-electron chi connectivity index (χ0n) is 7.39. The summed E-state index contributed by atoms with van der Waals surface area (Å²) < 4.78 is 13.1. The molecule has 1 atom stereocenters. The lowest BCUT2D eigenvalue weighted by molar-refractivity contribution is 0.625. The lowest BCUT2D eigenvalue weighted by atomic mass is 9.98. The largest absolute Gasteiger partial charge is 0.396 e. The Morgan fingerprint density at radius 3 is 2.92 bits per heavy atom. The minimum atomic E-state index is -0.301. The van der Waals surface area contributed by atoms with Crippen molar-refractivity contribution in [3.63, 3.8) is 0 Å². The van der Waals surface area contributed by atoms with Gasteiger partial charge >= 0.3 is 0 Å². The average Bonchev–Trinajstić information content (AvgIpc) is 2.62. The van der Waals surface area contributed by atoms with E-state index in [1.165, 1.54) is 0 Å². The number of benzene rings is 1. The minimum absolute atomic E-state index is 0.231. The van der Waals surface area contributed by atoms with Crippen molar-refractivity contribution in [3.05, 3.63) is 29.6 Å². The van der Waals surface area contributed by atoms with Crippen LogP contribution in [0.5, 0.6) is 0 Å². The Labute approximate surface area is 76.9 Å². The van der Waals surface area contributed by atoms with Crippen LogP contribution >= 0.6 is 0 Å². The monoisotopic (exact) mass is 180 g/mol. The summed E-state index contributed by atoms with van der Waals surface area (Å²) in [5, 5.41) is 3.25. The maximum absolute atomic E-state index is 13.1. The molecule has 13 heavy (non-hydrogen) atoms. The van der Waals surface area contributed by atoms with Crippen LogP contribution < -0.4 is 11.1 Å². The Kier molecular flexibility index (Phi) is 2.19. The van der Waals surface area contributed by atoms with Gasteiger partial charge in [0.05, 0.1) is 5.69 Å². The van der Waals surface area contributed by atoms with Crippen LogP contribution in [-0.2, 0) is 0 Å². The lowest BCUT2D eigenvalue weighted by Gasteiger charge is -2.09. The van der Waals surface area contributed by atoms with Crippen LogP contribution in [0.25, 0.3) is 0 Å². The van der Waals surface area contributed by atoms with Gasteiger partial charge in [-0.05, 0) is 36.6 Å². The van der Waals surface area contributed by atoms with E-state index in [4.69, 9.17) is 5.73 Å². The smallest absolute Gasteiger partial charge is 0.146 e. The molecule has 3 heteroatoms. The molecule has 1 aromatic rings. The molecule has 2 nitrogen and oxygen atoms in total. The zero-order chi connectivity index (χ0) is 9.26. The van der Waals surface area contributed by atoms with Crippen LogP contribution in [-0.4, -0.2) is 13.1 Å². The maximum Gasteiger partial charge on any atom is 0.146 e. The first-order chi connectivity index (χ1) is 6.27. The fraction of sp³-hybridized carbons (Fsp3) is 0.400. The van der Waals surface area contributed by atoms with E-state index in [9.17, 15) is 4.39 Å². The summed E-state index contributed by atoms with van der Waals surface area (Å²) in [5.41, 5.74) is 6.68. The highest BCUT2D eigenvalue weighted by Gasteiger charge is 2.17. The van der Waals surface area contributed by atoms with Crippen LogP contribution in [0, 0.1) is 5.82 Å². The van der Waals surface area contributed by atoms with Gasteiger partial charge in [-0.25, -0.2) is 4.39 Å². The van der Waals surface area contributed by atoms with E-state index in [-0.39, 0.29) is 11.5 Å². The van der Waals surface area contributed by atoms with E-state index in [1.807, 2.05) is 6.07 Å². The van der Waals surface area contributed by atoms with E-state index in [0.29, 0.717) is 5.92 Å². The van der Waals surface area contributed by atoms with Gasteiger partial charge in [-0.2, -0.15) is 0 Å². The summed E-state index contributed by atoms with van der Waals surface area (Å²) in [7, 11) is 0. The van der Waals surface area contributed by atoms with Gasteiger partial charge < -0.3 is 11.1 Å². The van der Waals surface area contributed by atoms with Crippen molar-refractivity contribution in [3.8, 4) is 0 Å². The Hall–Kier alpha value is -1.09. The molecule has 0 aromatic heterocycles. The number of rotatable bonds is 1. The van der Waals surface area contributed by atoms with Crippen molar-refractivity contribution < 1.29 is 4.39 Å². The molecule has 1 fully saturated rings. The molecule has 2 rings (SSSR count). The SMILES string of the molecule is Nc1ccc([C@H]2CCNC2)cc1F. The first-order valence-corrected chi connectivity index (χ1v) is 4.53. The van der Waals surface area contributed by atoms with Crippen LogP contribution in [0.2, 0.25) is 0 Å². The molecule has 0 amide bonds. The summed E-state index contributed by atoms with van der Waals surface area (Å²) in [6.07, 6.45) is 1.09. The number of hydrogen-bond acceptors (Lipinski definition) is 2. The molecular weight excluding hydrogens is 167 g/mol. The molecule has 0 saturated carbocycles. The molecule has 1 heterocycles. The molecular formula is C10H13FN2. The molecule has 1 aliphatic heterocycles. The van der Waals surface area contributed by atoms with Crippen LogP contribution in [0.1, 0.15) is 17.9 Å².